The van der Waals surface area contributed by atoms with E-state index in [-0.39, 0.29) is 0 Å². The lowest BCUT2D eigenvalue weighted by Crippen LogP contribution is -2.06. The molecule has 0 N–H and O–H groups in total. The van der Waals surface area contributed by atoms with Gasteiger partial charge in [0.25, 0.3) is 0 Å². The molecule has 0 unspecified atom stereocenters. The van der Waals surface area contributed by atoms with Gasteiger partial charge in [0, 0.05) is 19.8 Å². The van der Waals surface area contributed by atoms with Crippen LogP contribution in [-0.2, 0) is 0 Å². The number of rotatable bonds is 1. The molecule has 0 saturated heterocycles. The maximum absolute atomic E-state index is 2.08. The second-order valence-corrected chi connectivity index (χ2v) is 1.82. The first-order chi connectivity index (χ1) is 3.18. The largest absolute Gasteiger partial charge is 0.381 e. The fraction of sp³-hybridized carbons (Fsp3) is 0.667. The molecule has 0 amide bonds. The van der Waals surface area contributed by atoms with E-state index >= 15 is 0 Å². The molecule has 0 fully saturated rings. The number of allylic oxidation sites excluding steroid dienone is 2. The zero-order valence-electron chi connectivity index (χ0n) is 5.52. The molecule has 0 spiro atoms. The summed E-state index contributed by atoms with van der Waals surface area (Å²) < 4.78 is 0. The van der Waals surface area contributed by atoms with Crippen LogP contribution in [-0.4, -0.2) is 19.0 Å². The van der Waals surface area contributed by atoms with E-state index in [1.165, 1.54) is 5.70 Å². The second kappa shape index (κ2) is 2.67. The van der Waals surface area contributed by atoms with E-state index in [0.717, 1.165) is 0 Å². The topological polar surface area (TPSA) is 3.24 Å². The van der Waals surface area contributed by atoms with Gasteiger partial charge in [0.15, 0.2) is 0 Å². The zero-order chi connectivity index (χ0) is 5.86. The summed E-state index contributed by atoms with van der Waals surface area (Å²) in [5.41, 5.74) is 1.31. The van der Waals surface area contributed by atoms with E-state index in [4.69, 9.17) is 0 Å². The van der Waals surface area contributed by atoms with Gasteiger partial charge in [-0.1, -0.05) is 6.08 Å². The first-order valence-electron chi connectivity index (χ1n) is 2.48. The summed E-state index contributed by atoms with van der Waals surface area (Å²) in [4.78, 5) is 2.08. The molecule has 0 atom stereocenters. The van der Waals surface area contributed by atoms with Crippen LogP contribution in [0.5, 0.6) is 0 Å². The Kier molecular flexibility index (Phi) is 2.49. The maximum Gasteiger partial charge on any atom is 0.00579 e. The van der Waals surface area contributed by atoms with Gasteiger partial charge in [-0.15, -0.1) is 0 Å². The van der Waals surface area contributed by atoms with Crippen LogP contribution in [0.2, 0.25) is 0 Å². The second-order valence-electron chi connectivity index (χ2n) is 1.82. The molecule has 7 heavy (non-hydrogen) atoms. The quantitative estimate of drug-likeness (QED) is 0.481. The molecule has 0 radical (unpaired) electrons. The van der Waals surface area contributed by atoms with Crippen molar-refractivity contribution in [3.05, 3.63) is 11.8 Å². The van der Waals surface area contributed by atoms with Gasteiger partial charge in [0.05, 0.1) is 0 Å². The van der Waals surface area contributed by atoms with Gasteiger partial charge in [-0.25, -0.2) is 0 Å². The van der Waals surface area contributed by atoms with Crippen molar-refractivity contribution in [3.8, 4) is 0 Å². The van der Waals surface area contributed by atoms with E-state index in [0.29, 0.717) is 0 Å². The number of hydrogen-bond donors (Lipinski definition) is 0. The Morgan fingerprint density at radius 1 is 1.43 bits per heavy atom. The third kappa shape index (κ3) is 2.26. The monoisotopic (exact) mass is 99.1 g/mol. The highest BCUT2D eigenvalue weighted by atomic mass is 15.1. The minimum absolute atomic E-state index is 1.31. The fourth-order valence-electron chi connectivity index (χ4n) is 0.258. The Balaban J connectivity index is 3.56. The predicted octanol–water partition coefficient (Wildman–Crippen LogP) is 1.47. The summed E-state index contributed by atoms with van der Waals surface area (Å²) in [5, 5.41) is 0. The highest BCUT2D eigenvalue weighted by Gasteiger charge is 1.83. The van der Waals surface area contributed by atoms with E-state index in [9.17, 15) is 0 Å². The standard InChI is InChI=1S/C6H13N/c1-5-6(2)7(3)4/h5H,1-4H3/b6-5-. The van der Waals surface area contributed by atoms with Crippen LogP contribution in [0.1, 0.15) is 13.8 Å². The lowest BCUT2D eigenvalue weighted by Gasteiger charge is -2.10. The van der Waals surface area contributed by atoms with Crippen molar-refractivity contribution < 1.29 is 0 Å². The SMILES string of the molecule is C/C=C(/C)N(C)C. The van der Waals surface area contributed by atoms with Gasteiger partial charge >= 0.3 is 0 Å². The summed E-state index contributed by atoms with van der Waals surface area (Å²) in [5.74, 6) is 0. The van der Waals surface area contributed by atoms with Crippen molar-refractivity contribution in [2.45, 2.75) is 13.8 Å². The predicted molar refractivity (Wildman–Crippen MR) is 33.1 cm³/mol. The third-order valence-corrected chi connectivity index (χ3v) is 1.12. The fourth-order valence-corrected chi connectivity index (χ4v) is 0.258. The van der Waals surface area contributed by atoms with Crippen LogP contribution in [0.3, 0.4) is 0 Å². The van der Waals surface area contributed by atoms with E-state index < -0.39 is 0 Å². The van der Waals surface area contributed by atoms with Gasteiger partial charge in [0.2, 0.25) is 0 Å². The molecule has 0 aliphatic rings. The highest BCUT2D eigenvalue weighted by Crippen LogP contribution is 1.92. The van der Waals surface area contributed by atoms with E-state index in [1.54, 1.807) is 0 Å². The molecule has 0 aromatic rings. The summed E-state index contributed by atoms with van der Waals surface area (Å²) in [6, 6.07) is 0. The van der Waals surface area contributed by atoms with E-state index in [2.05, 4.69) is 17.9 Å². The lowest BCUT2D eigenvalue weighted by molar-refractivity contribution is 0.512. The van der Waals surface area contributed by atoms with Gasteiger partial charge in [-0.2, -0.15) is 0 Å². The van der Waals surface area contributed by atoms with Crippen molar-refractivity contribution in [2.24, 2.45) is 0 Å². The molecule has 0 saturated carbocycles. The minimum atomic E-state index is 1.31. The summed E-state index contributed by atoms with van der Waals surface area (Å²) >= 11 is 0. The summed E-state index contributed by atoms with van der Waals surface area (Å²) in [7, 11) is 4.07. The molecular weight excluding hydrogens is 86.1 g/mol. The molecule has 0 heterocycles. The van der Waals surface area contributed by atoms with Crippen molar-refractivity contribution >= 4 is 0 Å². The van der Waals surface area contributed by atoms with E-state index in [1.807, 2.05) is 21.0 Å². The molecule has 0 aromatic heterocycles. The molecule has 0 aliphatic heterocycles. The highest BCUT2D eigenvalue weighted by molar-refractivity contribution is 4.91. The van der Waals surface area contributed by atoms with Crippen molar-refractivity contribution in [1.82, 2.24) is 4.90 Å². The van der Waals surface area contributed by atoms with Crippen LogP contribution in [0.4, 0.5) is 0 Å². The molecule has 42 valence electrons. The Labute approximate surface area is 45.6 Å². The van der Waals surface area contributed by atoms with Crippen molar-refractivity contribution in [2.75, 3.05) is 14.1 Å². The number of hydrogen-bond acceptors (Lipinski definition) is 1. The zero-order valence-corrected chi connectivity index (χ0v) is 5.52. The van der Waals surface area contributed by atoms with Crippen LogP contribution < -0.4 is 0 Å². The molecule has 0 bridgehead atoms. The third-order valence-electron chi connectivity index (χ3n) is 1.12. The number of nitrogens with zero attached hydrogens (tertiary/aromatic N) is 1. The van der Waals surface area contributed by atoms with Gasteiger partial charge in [0.1, 0.15) is 0 Å². The molecular formula is C6H13N. The molecule has 0 rings (SSSR count). The van der Waals surface area contributed by atoms with Crippen LogP contribution in [0.15, 0.2) is 11.8 Å². The van der Waals surface area contributed by atoms with Crippen LogP contribution >= 0.6 is 0 Å². The smallest absolute Gasteiger partial charge is 0.00579 e. The van der Waals surface area contributed by atoms with Crippen LogP contribution in [0, 0.1) is 0 Å². The molecule has 1 nitrogen and oxygen atoms in total. The summed E-state index contributed by atoms with van der Waals surface area (Å²) in [6.45, 7) is 4.12. The Morgan fingerprint density at radius 2 is 1.86 bits per heavy atom. The normalized spacial score (nSPS) is 11.7. The average Bonchev–Trinajstić information content (AvgIpc) is 1.65. The van der Waals surface area contributed by atoms with Gasteiger partial charge in [-0.05, 0) is 13.8 Å². The summed E-state index contributed by atoms with van der Waals surface area (Å²) in [6.07, 6.45) is 2.08. The Bertz CT molecular complexity index is 72.2. The lowest BCUT2D eigenvalue weighted by atomic mass is 10.4. The minimum Gasteiger partial charge on any atom is -0.381 e. The first kappa shape index (κ1) is 6.54. The Hall–Kier alpha value is -0.460. The average molecular weight is 99.2 g/mol. The first-order valence-corrected chi connectivity index (χ1v) is 2.48. The molecule has 0 aliphatic carbocycles. The van der Waals surface area contributed by atoms with Gasteiger partial charge < -0.3 is 4.90 Å². The van der Waals surface area contributed by atoms with Crippen LogP contribution in [0.25, 0.3) is 0 Å². The Morgan fingerprint density at radius 3 is 1.86 bits per heavy atom. The maximum atomic E-state index is 2.08. The molecule has 1 heteroatoms. The van der Waals surface area contributed by atoms with Gasteiger partial charge in [-0.3, -0.25) is 0 Å². The van der Waals surface area contributed by atoms with Crippen molar-refractivity contribution in [3.63, 3.8) is 0 Å². The molecule has 0 aromatic carbocycles. The van der Waals surface area contributed by atoms with Crippen molar-refractivity contribution in [1.29, 1.82) is 0 Å².